The van der Waals surface area contributed by atoms with Gasteiger partial charge in [0.05, 0.1) is 17.7 Å². The number of sulfonamides is 1. The van der Waals surface area contributed by atoms with Crippen LogP contribution in [0.15, 0.2) is 59.9 Å². The number of anilines is 1. The third-order valence-corrected chi connectivity index (χ3v) is 4.96. The second kappa shape index (κ2) is 7.04. The summed E-state index contributed by atoms with van der Waals surface area (Å²) in [5.74, 6) is 0. The molecule has 0 bridgehead atoms. The fraction of sp³-hybridized carbons (Fsp3) is 0.0625. The van der Waals surface area contributed by atoms with Crippen molar-refractivity contribution in [3.05, 3.63) is 60.1 Å². The molecule has 0 saturated carbocycles. The molecule has 0 aliphatic heterocycles. The summed E-state index contributed by atoms with van der Waals surface area (Å²) in [4.78, 5) is 12.2. The van der Waals surface area contributed by atoms with Gasteiger partial charge in [0.1, 0.15) is 0 Å². The minimum atomic E-state index is -3.77. The molecule has 0 atom stereocenters. The van der Waals surface area contributed by atoms with Crippen LogP contribution in [0.1, 0.15) is 0 Å². The lowest BCUT2D eigenvalue weighted by Crippen LogP contribution is -2.13. The zero-order valence-corrected chi connectivity index (χ0v) is 14.6. The van der Waals surface area contributed by atoms with Gasteiger partial charge < -0.3 is 4.74 Å². The van der Waals surface area contributed by atoms with Crippen molar-refractivity contribution in [1.82, 2.24) is 15.0 Å². The van der Waals surface area contributed by atoms with E-state index in [1.807, 2.05) is 0 Å². The van der Waals surface area contributed by atoms with Crippen LogP contribution in [-0.4, -0.2) is 30.5 Å². The van der Waals surface area contributed by atoms with Crippen molar-refractivity contribution in [1.29, 1.82) is 0 Å². The summed E-state index contributed by atoms with van der Waals surface area (Å²) in [5.41, 5.74) is 1.42. The highest BCUT2D eigenvalue weighted by Gasteiger charge is 2.16. The van der Waals surface area contributed by atoms with Crippen molar-refractivity contribution in [2.45, 2.75) is 4.90 Å². The maximum atomic E-state index is 12.4. The van der Waals surface area contributed by atoms with Gasteiger partial charge in [-0.2, -0.15) is 0 Å². The number of aromatic nitrogens is 3. The maximum absolute atomic E-state index is 12.4. The Morgan fingerprint density at radius 1 is 1.00 bits per heavy atom. The Hall–Kier alpha value is -2.71. The van der Waals surface area contributed by atoms with Gasteiger partial charge in [0.2, 0.25) is 0 Å². The van der Waals surface area contributed by atoms with Gasteiger partial charge in [-0.3, -0.25) is 4.72 Å². The second-order valence-corrected chi connectivity index (χ2v) is 6.98. The molecule has 0 spiro atoms. The average Bonchev–Trinajstić information content (AvgIpc) is 2.64. The minimum absolute atomic E-state index is 0.0395. The molecule has 0 fully saturated rings. The van der Waals surface area contributed by atoms with Gasteiger partial charge in [-0.1, -0.05) is 29.8 Å². The van der Waals surface area contributed by atoms with Crippen LogP contribution < -0.4 is 9.46 Å². The molecule has 0 unspecified atom stereocenters. The van der Waals surface area contributed by atoms with Crippen molar-refractivity contribution in [2.75, 3.05) is 11.8 Å². The molecule has 128 valence electrons. The Labute approximate surface area is 149 Å². The molecule has 0 radical (unpaired) electrons. The van der Waals surface area contributed by atoms with E-state index in [9.17, 15) is 8.42 Å². The topological polar surface area (TPSA) is 94.1 Å². The second-order valence-electron chi connectivity index (χ2n) is 4.94. The van der Waals surface area contributed by atoms with E-state index in [0.29, 0.717) is 11.1 Å². The molecule has 25 heavy (non-hydrogen) atoms. The smallest absolute Gasteiger partial charge is 0.316 e. The van der Waals surface area contributed by atoms with E-state index in [1.165, 1.54) is 25.4 Å². The van der Waals surface area contributed by atoms with Crippen LogP contribution in [0.2, 0.25) is 5.15 Å². The van der Waals surface area contributed by atoms with Gasteiger partial charge in [0, 0.05) is 29.7 Å². The van der Waals surface area contributed by atoms with Crippen molar-refractivity contribution < 1.29 is 13.2 Å². The third kappa shape index (κ3) is 3.86. The number of nitrogens with one attached hydrogen (secondary N) is 1. The molecule has 2 heterocycles. The Balaban J connectivity index is 1.94. The van der Waals surface area contributed by atoms with Gasteiger partial charge in [0.15, 0.2) is 5.15 Å². The quantitative estimate of drug-likeness (QED) is 0.688. The van der Waals surface area contributed by atoms with Crippen molar-refractivity contribution in [3.8, 4) is 17.1 Å². The van der Waals surface area contributed by atoms with E-state index in [0.717, 1.165) is 0 Å². The number of methoxy groups -OCH3 is 1. The fourth-order valence-electron chi connectivity index (χ4n) is 2.05. The van der Waals surface area contributed by atoms with Crippen LogP contribution >= 0.6 is 11.6 Å². The minimum Gasteiger partial charge on any atom is -0.467 e. The molecule has 2 aromatic heterocycles. The molecule has 1 N–H and O–H groups in total. The number of hydrogen-bond acceptors (Lipinski definition) is 6. The standard InChI is InChI=1S/C16H13ClN4O3S/c1-24-16-19-9-12(10-20-16)11-7-14(15(17)18-8-11)21-25(22,23)13-5-3-2-4-6-13/h2-10,21H,1H3. The largest absolute Gasteiger partial charge is 0.467 e. The Bertz CT molecular complexity index is 980. The number of halogens is 1. The zero-order valence-electron chi connectivity index (χ0n) is 13.0. The Morgan fingerprint density at radius 2 is 1.64 bits per heavy atom. The van der Waals surface area contributed by atoms with E-state index in [1.54, 1.807) is 36.7 Å². The SMILES string of the molecule is COc1ncc(-c2cnc(Cl)c(NS(=O)(=O)c3ccccc3)c2)cn1. The van der Waals surface area contributed by atoms with Gasteiger partial charge in [-0.15, -0.1) is 0 Å². The van der Waals surface area contributed by atoms with Crippen molar-refractivity contribution >= 4 is 27.3 Å². The molecular formula is C16H13ClN4O3S. The van der Waals surface area contributed by atoms with Crippen molar-refractivity contribution in [2.24, 2.45) is 0 Å². The molecule has 3 aromatic rings. The molecule has 0 saturated heterocycles. The maximum Gasteiger partial charge on any atom is 0.316 e. The molecule has 0 aliphatic rings. The number of nitrogens with zero attached hydrogens (tertiary/aromatic N) is 3. The van der Waals surface area contributed by atoms with Crippen LogP contribution in [0.5, 0.6) is 6.01 Å². The number of hydrogen-bond donors (Lipinski definition) is 1. The van der Waals surface area contributed by atoms with Crippen LogP contribution in [0.25, 0.3) is 11.1 Å². The third-order valence-electron chi connectivity index (χ3n) is 3.28. The number of rotatable bonds is 5. The molecule has 7 nitrogen and oxygen atoms in total. The summed E-state index contributed by atoms with van der Waals surface area (Å²) < 4.78 is 32.3. The van der Waals surface area contributed by atoms with Crippen molar-refractivity contribution in [3.63, 3.8) is 0 Å². The molecule has 1 aromatic carbocycles. The molecule has 9 heteroatoms. The van der Waals surface area contributed by atoms with Gasteiger partial charge >= 0.3 is 6.01 Å². The predicted octanol–water partition coefficient (Wildman–Crippen LogP) is 3.00. The highest BCUT2D eigenvalue weighted by atomic mass is 35.5. The van der Waals surface area contributed by atoms with Crippen LogP contribution in [0.3, 0.4) is 0 Å². The van der Waals surface area contributed by atoms with Gasteiger partial charge in [-0.25, -0.2) is 23.4 Å². The number of ether oxygens (including phenoxy) is 1. The fourth-order valence-corrected chi connectivity index (χ4v) is 3.34. The summed E-state index contributed by atoms with van der Waals surface area (Å²) >= 11 is 6.04. The molecule has 0 aliphatic carbocycles. The number of pyridine rings is 1. The highest BCUT2D eigenvalue weighted by molar-refractivity contribution is 7.92. The van der Waals surface area contributed by atoms with Crippen LogP contribution in [0.4, 0.5) is 5.69 Å². The summed E-state index contributed by atoms with van der Waals surface area (Å²) in [6.45, 7) is 0. The first-order valence-electron chi connectivity index (χ1n) is 7.09. The van der Waals surface area contributed by atoms with E-state index in [4.69, 9.17) is 16.3 Å². The zero-order chi connectivity index (χ0) is 17.9. The monoisotopic (exact) mass is 376 g/mol. The lowest BCUT2D eigenvalue weighted by molar-refractivity contribution is 0.380. The first-order chi connectivity index (χ1) is 12.0. The first kappa shape index (κ1) is 17.1. The Morgan fingerprint density at radius 3 is 2.28 bits per heavy atom. The summed E-state index contributed by atoms with van der Waals surface area (Å²) in [6.07, 6.45) is 4.60. The summed E-state index contributed by atoms with van der Waals surface area (Å²) in [5, 5.41) is 0.0395. The average molecular weight is 377 g/mol. The normalized spacial score (nSPS) is 11.1. The van der Waals surface area contributed by atoms with E-state index >= 15 is 0 Å². The lowest BCUT2D eigenvalue weighted by Gasteiger charge is -2.11. The lowest BCUT2D eigenvalue weighted by atomic mass is 10.1. The molecular weight excluding hydrogens is 364 g/mol. The molecule has 3 rings (SSSR count). The van der Waals surface area contributed by atoms with E-state index in [-0.39, 0.29) is 21.7 Å². The number of benzene rings is 1. The molecule has 0 amide bonds. The van der Waals surface area contributed by atoms with Crippen LogP contribution in [0, 0.1) is 0 Å². The van der Waals surface area contributed by atoms with E-state index < -0.39 is 10.0 Å². The first-order valence-corrected chi connectivity index (χ1v) is 8.95. The predicted molar refractivity (Wildman–Crippen MR) is 94.1 cm³/mol. The Kier molecular flexibility index (Phi) is 4.82. The highest BCUT2D eigenvalue weighted by Crippen LogP contribution is 2.28. The summed E-state index contributed by atoms with van der Waals surface area (Å²) in [7, 11) is -2.30. The van der Waals surface area contributed by atoms with E-state index in [2.05, 4.69) is 19.7 Å². The summed E-state index contributed by atoms with van der Waals surface area (Å²) in [6, 6.07) is 9.80. The van der Waals surface area contributed by atoms with Crippen LogP contribution in [-0.2, 0) is 10.0 Å². The van der Waals surface area contributed by atoms with Gasteiger partial charge in [-0.05, 0) is 18.2 Å². The van der Waals surface area contributed by atoms with Gasteiger partial charge in [0.25, 0.3) is 10.0 Å².